The highest BCUT2D eigenvalue weighted by Gasteiger charge is 2.14. The maximum absolute atomic E-state index is 5.87. The number of rotatable bonds is 1. The largest absolute Gasteiger partial charge is 0.398 e. The number of nitrogen functional groups attached to an aromatic ring is 1. The van der Waals surface area contributed by atoms with Crippen molar-refractivity contribution in [3.63, 3.8) is 0 Å². The van der Waals surface area contributed by atoms with Crippen LogP contribution in [-0.4, -0.2) is 0 Å². The summed E-state index contributed by atoms with van der Waals surface area (Å²) in [6.45, 7) is 0. The van der Waals surface area contributed by atoms with Crippen LogP contribution in [0.3, 0.4) is 0 Å². The number of hydrogen-bond acceptors (Lipinski definition) is 3. The molecule has 0 aliphatic carbocycles. The molecular formula is C13H9BrClN3. The van der Waals surface area contributed by atoms with Crippen molar-refractivity contribution >= 4 is 33.2 Å². The van der Waals surface area contributed by atoms with Gasteiger partial charge in [-0.25, -0.2) is 0 Å². The summed E-state index contributed by atoms with van der Waals surface area (Å²) in [5.74, 6) is 0. The highest BCUT2D eigenvalue weighted by molar-refractivity contribution is 9.10. The fourth-order valence-corrected chi connectivity index (χ4v) is 2.43. The van der Waals surface area contributed by atoms with Gasteiger partial charge in [-0.1, -0.05) is 23.7 Å². The molecule has 0 spiro atoms. The van der Waals surface area contributed by atoms with E-state index in [1.54, 1.807) is 0 Å². The number of fused-ring (bicyclic) bond motifs is 1. The Morgan fingerprint density at radius 2 is 1.78 bits per heavy atom. The van der Waals surface area contributed by atoms with Gasteiger partial charge in [-0.2, -0.15) is 0 Å². The first-order valence-corrected chi connectivity index (χ1v) is 6.57. The number of halogens is 2. The lowest BCUT2D eigenvalue weighted by Gasteiger charge is -2.03. The van der Waals surface area contributed by atoms with Gasteiger partial charge in [0, 0.05) is 10.7 Å². The lowest BCUT2D eigenvalue weighted by Crippen LogP contribution is -2.23. The molecule has 1 atom stereocenters. The van der Waals surface area contributed by atoms with Gasteiger partial charge in [-0.15, -0.1) is 0 Å². The molecule has 2 aromatic rings. The predicted octanol–water partition coefficient (Wildman–Crippen LogP) is 2.64. The Morgan fingerprint density at radius 1 is 1.06 bits per heavy atom. The van der Waals surface area contributed by atoms with Gasteiger partial charge in [0.05, 0.1) is 9.83 Å². The molecule has 2 N–H and O–H groups in total. The highest BCUT2D eigenvalue weighted by Crippen LogP contribution is 2.23. The Kier molecular flexibility index (Phi) is 2.84. The van der Waals surface area contributed by atoms with Crippen molar-refractivity contribution in [2.24, 2.45) is 9.98 Å². The maximum Gasteiger partial charge on any atom is 0.166 e. The molecule has 18 heavy (non-hydrogen) atoms. The standard InChI is InChI=1S/C13H9BrClN3/c14-11-9(16)5-6-10-12(11)18-13(17-10)7-1-3-8(15)4-2-7/h1-6,13H,16H2. The zero-order valence-electron chi connectivity index (χ0n) is 9.27. The second-order valence-electron chi connectivity index (χ2n) is 4.02. The summed E-state index contributed by atoms with van der Waals surface area (Å²) >= 11 is 9.31. The van der Waals surface area contributed by atoms with E-state index in [9.17, 15) is 0 Å². The third kappa shape index (κ3) is 1.91. The van der Waals surface area contributed by atoms with Crippen molar-refractivity contribution in [3.05, 3.63) is 62.2 Å². The van der Waals surface area contributed by atoms with Crippen LogP contribution in [0.25, 0.3) is 0 Å². The summed E-state index contributed by atoms with van der Waals surface area (Å²) in [6, 6.07) is 11.3. The summed E-state index contributed by atoms with van der Waals surface area (Å²) in [5, 5.41) is 2.38. The van der Waals surface area contributed by atoms with Gasteiger partial charge in [0.2, 0.25) is 0 Å². The van der Waals surface area contributed by atoms with Crippen LogP contribution in [0.5, 0.6) is 0 Å². The molecule has 0 amide bonds. The van der Waals surface area contributed by atoms with Crippen molar-refractivity contribution in [2.45, 2.75) is 6.17 Å². The molecule has 0 saturated heterocycles. The molecule has 0 fully saturated rings. The minimum Gasteiger partial charge on any atom is -0.398 e. The lowest BCUT2D eigenvalue weighted by atomic mass is 10.2. The average Bonchev–Trinajstić information content (AvgIpc) is 2.80. The fraction of sp³-hybridized carbons (Fsp3) is 0.0769. The van der Waals surface area contributed by atoms with Gasteiger partial charge < -0.3 is 5.73 Å². The number of anilines is 1. The molecule has 0 aromatic heterocycles. The normalized spacial score (nSPS) is 16.9. The van der Waals surface area contributed by atoms with Crippen molar-refractivity contribution in [3.8, 4) is 0 Å². The van der Waals surface area contributed by atoms with Crippen LogP contribution in [0.1, 0.15) is 11.7 Å². The van der Waals surface area contributed by atoms with Crippen LogP contribution < -0.4 is 16.4 Å². The minimum absolute atomic E-state index is 0.213. The minimum atomic E-state index is -0.213. The number of nitrogens with zero attached hydrogens (tertiary/aromatic N) is 2. The fourth-order valence-electron chi connectivity index (χ4n) is 1.86. The SMILES string of the molecule is Nc1ccc2c(c1Br)=NC(c1ccc(Cl)cc1)N=2. The van der Waals surface area contributed by atoms with Crippen molar-refractivity contribution in [1.82, 2.24) is 0 Å². The Morgan fingerprint density at radius 3 is 2.50 bits per heavy atom. The van der Waals surface area contributed by atoms with E-state index in [2.05, 4.69) is 25.9 Å². The van der Waals surface area contributed by atoms with Crippen molar-refractivity contribution in [1.29, 1.82) is 0 Å². The molecule has 1 aliphatic heterocycles. The summed E-state index contributed by atoms with van der Waals surface area (Å²) in [4.78, 5) is 9.13. The van der Waals surface area contributed by atoms with Gasteiger partial charge in [-0.3, -0.25) is 9.98 Å². The van der Waals surface area contributed by atoms with Crippen molar-refractivity contribution in [2.75, 3.05) is 5.73 Å². The number of hydrogen-bond donors (Lipinski definition) is 1. The zero-order valence-corrected chi connectivity index (χ0v) is 11.6. The predicted molar refractivity (Wildman–Crippen MR) is 75.1 cm³/mol. The quantitative estimate of drug-likeness (QED) is 0.806. The summed E-state index contributed by atoms with van der Waals surface area (Å²) in [7, 11) is 0. The van der Waals surface area contributed by atoms with Gasteiger partial charge >= 0.3 is 0 Å². The summed E-state index contributed by atoms with van der Waals surface area (Å²) < 4.78 is 0.806. The van der Waals surface area contributed by atoms with E-state index in [4.69, 9.17) is 17.3 Å². The van der Waals surface area contributed by atoms with Crippen LogP contribution in [0.2, 0.25) is 5.02 Å². The van der Waals surface area contributed by atoms with E-state index >= 15 is 0 Å². The van der Waals surface area contributed by atoms with Crippen LogP contribution in [0.15, 0.2) is 50.9 Å². The van der Waals surface area contributed by atoms with E-state index in [0.717, 1.165) is 20.8 Å². The average molecular weight is 323 g/mol. The second-order valence-corrected chi connectivity index (χ2v) is 5.25. The van der Waals surface area contributed by atoms with E-state index in [0.29, 0.717) is 10.7 Å². The Labute approximate surface area is 117 Å². The van der Waals surface area contributed by atoms with Crippen LogP contribution in [0.4, 0.5) is 5.69 Å². The summed E-state index contributed by atoms with van der Waals surface area (Å²) in [6.07, 6.45) is -0.213. The molecule has 0 saturated carbocycles. The molecular weight excluding hydrogens is 314 g/mol. The van der Waals surface area contributed by atoms with Gasteiger partial charge in [0.15, 0.2) is 6.17 Å². The van der Waals surface area contributed by atoms with E-state index in [1.165, 1.54) is 0 Å². The molecule has 1 unspecified atom stereocenters. The Bertz CT molecular complexity index is 725. The molecule has 1 aliphatic rings. The van der Waals surface area contributed by atoms with E-state index < -0.39 is 0 Å². The highest BCUT2D eigenvalue weighted by atomic mass is 79.9. The van der Waals surface area contributed by atoms with Crippen LogP contribution in [0, 0.1) is 0 Å². The Hall–Kier alpha value is -1.39. The third-order valence-corrected chi connectivity index (χ3v) is 3.89. The van der Waals surface area contributed by atoms with Crippen LogP contribution in [-0.2, 0) is 0 Å². The first-order chi connectivity index (χ1) is 8.65. The first kappa shape index (κ1) is 11.7. The Balaban J connectivity index is 2.12. The second kappa shape index (κ2) is 4.37. The molecule has 3 nitrogen and oxygen atoms in total. The molecule has 1 heterocycles. The monoisotopic (exact) mass is 321 g/mol. The smallest absolute Gasteiger partial charge is 0.166 e. The number of nitrogens with two attached hydrogens (primary N) is 1. The topological polar surface area (TPSA) is 50.7 Å². The maximum atomic E-state index is 5.87. The molecule has 5 heteroatoms. The molecule has 2 aromatic carbocycles. The summed E-state index contributed by atoms with van der Waals surface area (Å²) in [5.41, 5.74) is 7.52. The van der Waals surface area contributed by atoms with Gasteiger partial charge in [0.25, 0.3) is 0 Å². The first-order valence-electron chi connectivity index (χ1n) is 5.40. The van der Waals surface area contributed by atoms with Crippen LogP contribution >= 0.6 is 27.5 Å². The van der Waals surface area contributed by atoms with Crippen molar-refractivity contribution < 1.29 is 0 Å². The zero-order chi connectivity index (χ0) is 12.7. The number of benzene rings is 2. The van der Waals surface area contributed by atoms with Gasteiger partial charge in [0.1, 0.15) is 5.36 Å². The van der Waals surface area contributed by atoms with Gasteiger partial charge in [-0.05, 0) is 45.8 Å². The molecule has 0 radical (unpaired) electrons. The molecule has 0 bridgehead atoms. The third-order valence-electron chi connectivity index (χ3n) is 2.81. The lowest BCUT2D eigenvalue weighted by molar-refractivity contribution is 0.771. The molecule has 90 valence electrons. The van der Waals surface area contributed by atoms with E-state index in [1.807, 2.05) is 36.4 Å². The molecule has 3 rings (SSSR count). The van der Waals surface area contributed by atoms with E-state index in [-0.39, 0.29) is 6.17 Å².